The zero-order valence-electron chi connectivity index (χ0n) is 16.1. The Hall–Kier alpha value is -3.20. The molecule has 30 heavy (non-hydrogen) atoms. The number of hydrogen-bond donors (Lipinski definition) is 0. The molecule has 0 atom stereocenters. The van der Waals surface area contributed by atoms with Gasteiger partial charge in [0.05, 0.1) is 0 Å². The molecule has 0 aliphatic rings. The molecule has 0 amide bonds. The summed E-state index contributed by atoms with van der Waals surface area (Å²) in [5, 5.41) is 9.34. The SMILES string of the molecule is c1ccc2sc(-c3c4ccccc4cc4cc5c(cc34)sc3ccccc35)cc2c1. The van der Waals surface area contributed by atoms with Crippen molar-refractivity contribution in [2.24, 2.45) is 0 Å². The average Bonchev–Trinajstić information content (AvgIpc) is 3.37. The molecule has 7 rings (SSSR count). The first-order valence-corrected chi connectivity index (χ1v) is 11.7. The van der Waals surface area contributed by atoms with E-state index in [1.54, 1.807) is 0 Å². The molecule has 7 aromatic rings. The minimum Gasteiger partial charge on any atom is -0.135 e. The van der Waals surface area contributed by atoms with Gasteiger partial charge >= 0.3 is 0 Å². The van der Waals surface area contributed by atoms with Crippen LogP contribution in [0.1, 0.15) is 0 Å². The molecule has 0 aliphatic carbocycles. The van der Waals surface area contributed by atoms with E-state index in [2.05, 4.69) is 97.1 Å². The van der Waals surface area contributed by atoms with Crippen LogP contribution in [0.4, 0.5) is 0 Å². The van der Waals surface area contributed by atoms with Gasteiger partial charge in [0.15, 0.2) is 0 Å². The molecule has 0 spiro atoms. The van der Waals surface area contributed by atoms with Gasteiger partial charge in [-0.2, -0.15) is 0 Å². The Morgan fingerprint density at radius 1 is 0.400 bits per heavy atom. The van der Waals surface area contributed by atoms with Gasteiger partial charge in [0.2, 0.25) is 0 Å². The van der Waals surface area contributed by atoms with Crippen LogP contribution in [0.5, 0.6) is 0 Å². The fraction of sp³-hybridized carbons (Fsp3) is 0. The number of rotatable bonds is 1. The summed E-state index contributed by atoms with van der Waals surface area (Å²) in [7, 11) is 0. The topological polar surface area (TPSA) is 0 Å². The maximum atomic E-state index is 2.42. The second kappa shape index (κ2) is 6.15. The molecule has 0 saturated carbocycles. The van der Waals surface area contributed by atoms with E-state index in [1.165, 1.54) is 62.2 Å². The summed E-state index contributed by atoms with van der Waals surface area (Å²) in [4.78, 5) is 1.35. The number of benzene rings is 5. The molecule has 0 unspecified atom stereocenters. The Balaban J connectivity index is 1.67. The Labute approximate surface area is 181 Å². The van der Waals surface area contributed by atoms with Crippen molar-refractivity contribution in [1.82, 2.24) is 0 Å². The van der Waals surface area contributed by atoms with Crippen LogP contribution in [0.3, 0.4) is 0 Å². The van der Waals surface area contributed by atoms with Gasteiger partial charge in [-0.25, -0.2) is 0 Å². The third-order valence-corrected chi connectivity index (χ3v) is 8.30. The molecule has 2 heterocycles. The monoisotopic (exact) mass is 416 g/mol. The van der Waals surface area contributed by atoms with Gasteiger partial charge in [-0.1, -0.05) is 60.7 Å². The van der Waals surface area contributed by atoms with Crippen LogP contribution in [-0.2, 0) is 0 Å². The van der Waals surface area contributed by atoms with Gasteiger partial charge < -0.3 is 0 Å². The van der Waals surface area contributed by atoms with Crippen LogP contribution in [-0.4, -0.2) is 0 Å². The highest BCUT2D eigenvalue weighted by atomic mass is 32.1. The van der Waals surface area contributed by atoms with Gasteiger partial charge in [0.1, 0.15) is 0 Å². The summed E-state index contributed by atoms with van der Waals surface area (Å²) >= 11 is 3.79. The summed E-state index contributed by atoms with van der Waals surface area (Å²) < 4.78 is 4.06. The third kappa shape index (κ3) is 2.32. The Bertz CT molecular complexity index is 1710. The van der Waals surface area contributed by atoms with E-state index in [-0.39, 0.29) is 0 Å². The molecular formula is C28H16S2. The number of hydrogen-bond acceptors (Lipinski definition) is 2. The molecule has 2 aromatic heterocycles. The van der Waals surface area contributed by atoms with E-state index in [1.807, 2.05) is 22.7 Å². The lowest BCUT2D eigenvalue weighted by atomic mass is 9.94. The molecule has 0 bridgehead atoms. The Morgan fingerprint density at radius 3 is 2.00 bits per heavy atom. The van der Waals surface area contributed by atoms with Gasteiger partial charge in [-0.15, -0.1) is 22.7 Å². The molecule has 140 valence electrons. The minimum atomic E-state index is 1.30. The van der Waals surface area contributed by atoms with E-state index in [0.29, 0.717) is 0 Å². The van der Waals surface area contributed by atoms with Crippen molar-refractivity contribution in [2.75, 3.05) is 0 Å². The van der Waals surface area contributed by atoms with E-state index >= 15 is 0 Å². The van der Waals surface area contributed by atoms with Gasteiger partial charge in [0.25, 0.3) is 0 Å². The summed E-state index contributed by atoms with van der Waals surface area (Å²) in [6.07, 6.45) is 0. The first-order valence-electron chi connectivity index (χ1n) is 10.1. The second-order valence-corrected chi connectivity index (χ2v) is 9.96. The highest BCUT2D eigenvalue weighted by Gasteiger charge is 2.15. The smallest absolute Gasteiger partial charge is 0.0367 e. The molecule has 0 radical (unpaired) electrons. The Morgan fingerprint density at radius 2 is 1.13 bits per heavy atom. The third-order valence-electron chi connectivity index (χ3n) is 6.03. The van der Waals surface area contributed by atoms with Crippen LogP contribution in [0.2, 0.25) is 0 Å². The normalized spacial score (nSPS) is 12.0. The lowest BCUT2D eigenvalue weighted by Crippen LogP contribution is -1.83. The quantitative estimate of drug-likeness (QED) is 0.234. The first-order chi connectivity index (χ1) is 14.8. The van der Waals surface area contributed by atoms with E-state index < -0.39 is 0 Å². The molecular weight excluding hydrogens is 400 g/mol. The molecule has 0 aliphatic heterocycles. The molecule has 0 N–H and O–H groups in total. The highest BCUT2D eigenvalue weighted by Crippen LogP contribution is 2.44. The molecule has 0 nitrogen and oxygen atoms in total. The zero-order chi connectivity index (χ0) is 19.7. The summed E-state index contributed by atoms with van der Waals surface area (Å²) in [5.74, 6) is 0. The number of fused-ring (bicyclic) bond motifs is 6. The van der Waals surface area contributed by atoms with Crippen molar-refractivity contribution in [3.63, 3.8) is 0 Å². The van der Waals surface area contributed by atoms with E-state index in [9.17, 15) is 0 Å². The lowest BCUT2D eigenvalue weighted by Gasteiger charge is -2.11. The van der Waals surface area contributed by atoms with E-state index in [4.69, 9.17) is 0 Å². The van der Waals surface area contributed by atoms with Crippen molar-refractivity contribution in [3.05, 3.63) is 97.1 Å². The van der Waals surface area contributed by atoms with Gasteiger partial charge in [0, 0.05) is 35.3 Å². The first kappa shape index (κ1) is 16.6. The fourth-order valence-corrected chi connectivity index (χ4v) is 6.92. The van der Waals surface area contributed by atoms with Crippen molar-refractivity contribution < 1.29 is 0 Å². The average molecular weight is 417 g/mol. The zero-order valence-corrected chi connectivity index (χ0v) is 17.7. The second-order valence-electron chi connectivity index (χ2n) is 7.79. The van der Waals surface area contributed by atoms with Crippen LogP contribution >= 0.6 is 22.7 Å². The Kier molecular flexibility index (Phi) is 3.40. The van der Waals surface area contributed by atoms with Crippen LogP contribution in [0.15, 0.2) is 97.1 Å². The van der Waals surface area contributed by atoms with Crippen molar-refractivity contribution in [1.29, 1.82) is 0 Å². The van der Waals surface area contributed by atoms with Crippen molar-refractivity contribution >= 4 is 74.5 Å². The summed E-state index contributed by atoms with van der Waals surface area (Å²) in [6, 6.07) is 35.8. The van der Waals surface area contributed by atoms with Gasteiger partial charge in [-0.05, 0) is 63.3 Å². The lowest BCUT2D eigenvalue weighted by molar-refractivity contribution is 1.79. The van der Waals surface area contributed by atoms with E-state index in [0.717, 1.165) is 0 Å². The van der Waals surface area contributed by atoms with Crippen molar-refractivity contribution in [3.8, 4) is 10.4 Å². The molecule has 5 aromatic carbocycles. The molecule has 0 fully saturated rings. The summed E-state index contributed by atoms with van der Waals surface area (Å²) in [6.45, 7) is 0. The van der Waals surface area contributed by atoms with Crippen LogP contribution in [0.25, 0.3) is 62.2 Å². The minimum absolute atomic E-state index is 1.30. The fourth-order valence-electron chi connectivity index (χ4n) is 4.66. The van der Waals surface area contributed by atoms with Crippen LogP contribution in [0, 0.1) is 0 Å². The van der Waals surface area contributed by atoms with Crippen LogP contribution < -0.4 is 0 Å². The maximum Gasteiger partial charge on any atom is 0.0367 e. The highest BCUT2D eigenvalue weighted by molar-refractivity contribution is 7.26. The standard InChI is InChI=1S/C28H16S2/c1-3-9-20-17(7-1)13-19-14-23-21-10-4-6-12-25(21)30-26(23)16-22(19)28(20)27-15-18-8-2-5-11-24(18)29-27/h1-16H. The maximum absolute atomic E-state index is 2.42. The predicted octanol–water partition coefficient (Wildman–Crippen LogP) is 9.24. The summed E-state index contributed by atoms with van der Waals surface area (Å²) in [5.41, 5.74) is 1.36. The predicted molar refractivity (Wildman–Crippen MR) is 135 cm³/mol. The molecule has 0 saturated heterocycles. The van der Waals surface area contributed by atoms with Gasteiger partial charge in [-0.3, -0.25) is 0 Å². The largest absolute Gasteiger partial charge is 0.135 e. The van der Waals surface area contributed by atoms with Crippen molar-refractivity contribution in [2.45, 2.75) is 0 Å². The number of thiophene rings is 2. The molecule has 2 heteroatoms.